The van der Waals surface area contributed by atoms with Crippen LogP contribution in [-0.2, 0) is 9.05 Å². The summed E-state index contributed by atoms with van der Waals surface area (Å²) in [7, 11) is 0.931. The third-order valence-electron chi connectivity index (χ3n) is 2.07. The summed E-state index contributed by atoms with van der Waals surface area (Å²) in [5.74, 6) is -0.623. The van der Waals surface area contributed by atoms with E-state index in [1.165, 1.54) is 6.07 Å². The number of fused-ring (bicyclic) bond motifs is 1. The number of rotatable bonds is 1. The number of hydrogen-bond donors (Lipinski definition) is 1. The lowest BCUT2D eigenvalue weighted by Crippen LogP contribution is -2.12. The van der Waals surface area contributed by atoms with Gasteiger partial charge in [-0.25, -0.2) is 12.8 Å². The van der Waals surface area contributed by atoms with Crippen molar-refractivity contribution in [3.8, 4) is 0 Å². The largest absolute Gasteiger partial charge is 0.360 e. The Balaban J connectivity index is 2.95. The fourth-order valence-electron chi connectivity index (χ4n) is 1.35. The molecular weight excluding hydrogens is 257 g/mol. The molecule has 84 valence electrons. The quantitative estimate of drug-likeness (QED) is 0.793. The van der Waals surface area contributed by atoms with Crippen LogP contribution < -0.4 is 5.43 Å². The van der Waals surface area contributed by atoms with E-state index in [0.717, 1.165) is 18.3 Å². The molecule has 0 unspecified atom stereocenters. The van der Waals surface area contributed by atoms with Crippen molar-refractivity contribution in [3.63, 3.8) is 0 Å². The molecule has 16 heavy (non-hydrogen) atoms. The normalized spacial score (nSPS) is 11.9. The van der Waals surface area contributed by atoms with Gasteiger partial charge in [0.05, 0.1) is 0 Å². The molecule has 0 radical (unpaired) electrons. The molecule has 0 atom stereocenters. The lowest BCUT2D eigenvalue weighted by Gasteiger charge is -2.00. The number of aromatic nitrogens is 1. The predicted octanol–water partition coefficient (Wildman–Crippen LogP) is 1.59. The third kappa shape index (κ3) is 1.81. The molecular formula is C9H5ClFNO3S. The van der Waals surface area contributed by atoms with Crippen molar-refractivity contribution in [2.75, 3.05) is 0 Å². The average Bonchev–Trinajstić information content (AvgIpc) is 2.17. The first kappa shape index (κ1) is 11.1. The fourth-order valence-corrected chi connectivity index (χ4v) is 2.23. The van der Waals surface area contributed by atoms with Crippen LogP contribution in [0.25, 0.3) is 10.9 Å². The summed E-state index contributed by atoms with van der Waals surface area (Å²) in [6, 6.07) is 3.46. The predicted molar refractivity (Wildman–Crippen MR) is 57.6 cm³/mol. The minimum Gasteiger partial charge on any atom is -0.360 e. The van der Waals surface area contributed by atoms with Crippen LogP contribution in [0.15, 0.2) is 34.1 Å². The second-order valence-electron chi connectivity index (χ2n) is 3.11. The first-order valence-electron chi connectivity index (χ1n) is 4.15. The van der Waals surface area contributed by atoms with E-state index < -0.39 is 25.2 Å². The fraction of sp³-hybridized carbons (Fsp3) is 0. The van der Waals surface area contributed by atoms with E-state index in [-0.39, 0.29) is 5.39 Å². The van der Waals surface area contributed by atoms with Gasteiger partial charge in [-0.05, 0) is 18.2 Å². The van der Waals surface area contributed by atoms with Gasteiger partial charge in [0.15, 0.2) is 0 Å². The highest BCUT2D eigenvalue weighted by molar-refractivity contribution is 8.13. The molecule has 0 aliphatic carbocycles. The van der Waals surface area contributed by atoms with Gasteiger partial charge < -0.3 is 4.98 Å². The number of halogens is 2. The molecule has 1 aromatic carbocycles. The second kappa shape index (κ2) is 3.57. The van der Waals surface area contributed by atoms with E-state index in [4.69, 9.17) is 10.7 Å². The van der Waals surface area contributed by atoms with Crippen LogP contribution in [0.4, 0.5) is 4.39 Å². The maximum absolute atomic E-state index is 12.9. The van der Waals surface area contributed by atoms with Crippen molar-refractivity contribution in [2.45, 2.75) is 4.90 Å². The number of aromatic amines is 1. The first-order chi connectivity index (χ1) is 7.39. The molecule has 0 aliphatic heterocycles. The zero-order chi connectivity index (χ0) is 11.9. The zero-order valence-electron chi connectivity index (χ0n) is 7.70. The molecule has 0 spiro atoms. The highest BCUT2D eigenvalue weighted by Gasteiger charge is 2.16. The molecule has 1 N–H and O–H groups in total. The van der Waals surface area contributed by atoms with E-state index >= 15 is 0 Å². The monoisotopic (exact) mass is 261 g/mol. The Kier molecular flexibility index (Phi) is 2.47. The smallest absolute Gasteiger partial charge is 0.266 e. The van der Waals surface area contributed by atoms with Crippen molar-refractivity contribution >= 4 is 30.6 Å². The van der Waals surface area contributed by atoms with Gasteiger partial charge in [-0.15, -0.1) is 0 Å². The molecule has 0 saturated carbocycles. The van der Waals surface area contributed by atoms with E-state index in [0.29, 0.717) is 5.52 Å². The summed E-state index contributed by atoms with van der Waals surface area (Å²) in [5.41, 5.74) is -0.473. The van der Waals surface area contributed by atoms with Gasteiger partial charge in [0.1, 0.15) is 10.7 Å². The van der Waals surface area contributed by atoms with Crippen molar-refractivity contribution in [1.82, 2.24) is 4.98 Å². The first-order valence-corrected chi connectivity index (χ1v) is 6.46. The highest BCUT2D eigenvalue weighted by Crippen LogP contribution is 2.14. The van der Waals surface area contributed by atoms with Gasteiger partial charge in [0.25, 0.3) is 9.05 Å². The van der Waals surface area contributed by atoms with Gasteiger partial charge >= 0.3 is 0 Å². The van der Waals surface area contributed by atoms with Crippen LogP contribution in [0.2, 0.25) is 0 Å². The topological polar surface area (TPSA) is 67.0 Å². The summed E-state index contributed by atoms with van der Waals surface area (Å²) in [6.07, 6.45) is 0.991. The maximum Gasteiger partial charge on any atom is 0.266 e. The van der Waals surface area contributed by atoms with Crippen molar-refractivity contribution in [2.24, 2.45) is 0 Å². The Morgan fingerprint density at radius 3 is 2.62 bits per heavy atom. The van der Waals surface area contributed by atoms with E-state index in [1.807, 2.05) is 0 Å². The van der Waals surface area contributed by atoms with E-state index in [1.54, 1.807) is 0 Å². The van der Waals surface area contributed by atoms with Crippen LogP contribution in [0.3, 0.4) is 0 Å². The number of H-pyrrole nitrogens is 1. The Morgan fingerprint density at radius 1 is 1.31 bits per heavy atom. The number of pyridine rings is 1. The molecule has 1 heterocycles. The van der Waals surface area contributed by atoms with Crippen LogP contribution in [0.1, 0.15) is 0 Å². The van der Waals surface area contributed by atoms with Crippen LogP contribution >= 0.6 is 10.7 Å². The molecule has 7 heteroatoms. The van der Waals surface area contributed by atoms with Crippen molar-refractivity contribution < 1.29 is 12.8 Å². The zero-order valence-corrected chi connectivity index (χ0v) is 9.27. The molecule has 0 amide bonds. The van der Waals surface area contributed by atoms with Gasteiger partial charge in [-0.1, -0.05) is 0 Å². The van der Waals surface area contributed by atoms with E-state index in [2.05, 4.69) is 4.98 Å². The molecule has 2 aromatic rings. The minimum absolute atomic E-state index is 0.0540. The molecule has 2 rings (SSSR count). The molecule has 0 fully saturated rings. The maximum atomic E-state index is 12.9. The lowest BCUT2D eigenvalue weighted by molar-refractivity contribution is 0.608. The summed E-state index contributed by atoms with van der Waals surface area (Å²) in [4.78, 5) is 13.7. The van der Waals surface area contributed by atoms with Crippen LogP contribution in [-0.4, -0.2) is 13.4 Å². The summed E-state index contributed by atoms with van der Waals surface area (Å²) >= 11 is 0. The molecule has 0 bridgehead atoms. The van der Waals surface area contributed by atoms with Gasteiger partial charge in [-0.3, -0.25) is 4.79 Å². The Bertz CT molecular complexity index is 723. The lowest BCUT2D eigenvalue weighted by atomic mass is 10.2. The molecule has 4 nitrogen and oxygen atoms in total. The average molecular weight is 262 g/mol. The Morgan fingerprint density at radius 2 is 2.00 bits per heavy atom. The molecule has 0 saturated heterocycles. The Labute approximate surface area is 94.1 Å². The summed E-state index contributed by atoms with van der Waals surface area (Å²) < 4.78 is 35.0. The van der Waals surface area contributed by atoms with Crippen LogP contribution in [0, 0.1) is 5.82 Å². The summed E-state index contributed by atoms with van der Waals surface area (Å²) in [6.45, 7) is 0. The Hall–Kier alpha value is -1.40. The van der Waals surface area contributed by atoms with Crippen molar-refractivity contribution in [1.29, 1.82) is 0 Å². The highest BCUT2D eigenvalue weighted by atomic mass is 35.7. The molecule has 0 aliphatic rings. The van der Waals surface area contributed by atoms with Gasteiger partial charge in [0.2, 0.25) is 5.43 Å². The molecule has 1 aromatic heterocycles. The van der Waals surface area contributed by atoms with E-state index in [9.17, 15) is 17.6 Å². The third-order valence-corrected chi connectivity index (χ3v) is 3.40. The number of hydrogen-bond acceptors (Lipinski definition) is 3. The number of benzene rings is 1. The van der Waals surface area contributed by atoms with Gasteiger partial charge in [-0.2, -0.15) is 0 Å². The second-order valence-corrected chi connectivity index (χ2v) is 5.64. The standard InChI is InChI=1S/C9H5ClFNO3S/c10-16(14,15)8-4-12-7-2-1-5(11)3-6(7)9(8)13/h1-4H,(H,12,13). The number of nitrogens with one attached hydrogen (secondary N) is 1. The van der Waals surface area contributed by atoms with Gasteiger partial charge in [0, 0.05) is 27.8 Å². The summed E-state index contributed by atoms with van der Waals surface area (Å²) in [5, 5.41) is -0.0540. The SMILES string of the molecule is O=c1c(S(=O)(=O)Cl)c[nH]c2ccc(F)cc12. The van der Waals surface area contributed by atoms with Crippen molar-refractivity contribution in [3.05, 3.63) is 40.4 Å². The van der Waals surface area contributed by atoms with Crippen LogP contribution in [0.5, 0.6) is 0 Å². The minimum atomic E-state index is -4.13.